The molecule has 126 valence electrons. The Hall–Kier alpha value is -0.570. The van der Waals surface area contributed by atoms with E-state index in [4.69, 9.17) is 9.47 Å². The zero-order chi connectivity index (χ0) is 16.9. The van der Waals surface area contributed by atoms with Crippen LogP contribution in [0.4, 0.5) is 0 Å². The van der Waals surface area contributed by atoms with Gasteiger partial charge in [-0.2, -0.15) is 0 Å². The molecule has 3 heteroatoms. The molecule has 0 heterocycles. The van der Waals surface area contributed by atoms with E-state index < -0.39 is 11.7 Å². The zero-order valence-corrected chi connectivity index (χ0v) is 15.6. The molecule has 0 spiro atoms. The number of hydrogen-bond acceptors (Lipinski definition) is 3. The number of carbonyl (C=O) groups is 1. The van der Waals surface area contributed by atoms with Gasteiger partial charge in [0.1, 0.15) is 5.60 Å². The molecule has 1 atom stereocenters. The molecule has 21 heavy (non-hydrogen) atoms. The minimum absolute atomic E-state index is 0.245. The molecule has 0 aliphatic heterocycles. The Balaban J connectivity index is 5.05. The van der Waals surface area contributed by atoms with Gasteiger partial charge in [0.25, 0.3) is 0 Å². The van der Waals surface area contributed by atoms with Crippen LogP contribution in [0.2, 0.25) is 0 Å². The van der Waals surface area contributed by atoms with Crippen molar-refractivity contribution >= 4 is 5.97 Å². The summed E-state index contributed by atoms with van der Waals surface area (Å²) in [6.07, 6.45) is 3.25. The molecule has 0 radical (unpaired) electrons. The summed E-state index contributed by atoms with van der Waals surface area (Å²) in [6, 6.07) is 0. The first kappa shape index (κ1) is 20.4. The van der Waals surface area contributed by atoms with E-state index in [9.17, 15) is 4.79 Å². The maximum Gasteiger partial charge on any atom is 0.336 e. The number of rotatable bonds is 8. The summed E-state index contributed by atoms with van der Waals surface area (Å²) in [6.45, 7) is 18.3. The van der Waals surface area contributed by atoms with Crippen LogP contribution in [-0.2, 0) is 14.3 Å². The minimum Gasteiger partial charge on any atom is -0.458 e. The molecule has 0 fully saturated rings. The van der Waals surface area contributed by atoms with Crippen molar-refractivity contribution in [2.24, 2.45) is 5.41 Å². The van der Waals surface area contributed by atoms with Crippen LogP contribution in [0.3, 0.4) is 0 Å². The standard InChI is InChI=1S/C18H36O3/c1-10-12-17(6,7)20-14(16(3,4)5)15(19)21-18(8,9)13-11-2/h14H,10-13H2,1-9H3. The number of ether oxygens (including phenoxy) is 2. The molecule has 0 amide bonds. The normalized spacial score (nSPS) is 14.9. The van der Waals surface area contributed by atoms with Crippen LogP contribution in [0.1, 0.15) is 88.0 Å². The monoisotopic (exact) mass is 300 g/mol. The van der Waals surface area contributed by atoms with Gasteiger partial charge in [-0.1, -0.05) is 47.5 Å². The molecule has 0 saturated heterocycles. The van der Waals surface area contributed by atoms with Crippen LogP contribution < -0.4 is 0 Å². The molecule has 0 bridgehead atoms. The smallest absolute Gasteiger partial charge is 0.336 e. The predicted octanol–water partition coefficient (Wildman–Crippen LogP) is 5.12. The van der Waals surface area contributed by atoms with Gasteiger partial charge in [0.05, 0.1) is 5.60 Å². The number of hydrogen-bond donors (Lipinski definition) is 0. The summed E-state index contributed by atoms with van der Waals surface area (Å²) in [5, 5.41) is 0. The van der Waals surface area contributed by atoms with Crippen LogP contribution in [0.5, 0.6) is 0 Å². The quantitative estimate of drug-likeness (QED) is 0.584. The maximum absolute atomic E-state index is 12.6. The van der Waals surface area contributed by atoms with Gasteiger partial charge >= 0.3 is 5.97 Å². The third-order valence-electron chi connectivity index (χ3n) is 3.52. The Morgan fingerprint density at radius 1 is 0.857 bits per heavy atom. The molecule has 0 rings (SSSR count). The highest BCUT2D eigenvalue weighted by molar-refractivity contribution is 5.76. The summed E-state index contributed by atoms with van der Waals surface area (Å²) in [5.74, 6) is -0.245. The zero-order valence-electron chi connectivity index (χ0n) is 15.6. The number of esters is 1. The molecule has 1 unspecified atom stereocenters. The summed E-state index contributed by atoms with van der Waals surface area (Å²) in [4.78, 5) is 12.6. The van der Waals surface area contributed by atoms with Crippen LogP contribution in [0, 0.1) is 5.41 Å². The fraction of sp³-hybridized carbons (Fsp3) is 0.944. The summed E-state index contributed by atoms with van der Waals surface area (Å²) in [7, 11) is 0. The fourth-order valence-electron chi connectivity index (χ4n) is 2.54. The van der Waals surface area contributed by atoms with Gasteiger partial charge in [-0.15, -0.1) is 0 Å². The van der Waals surface area contributed by atoms with Gasteiger partial charge < -0.3 is 9.47 Å². The van der Waals surface area contributed by atoms with Gasteiger partial charge in [0.15, 0.2) is 6.10 Å². The lowest BCUT2D eigenvalue weighted by Crippen LogP contribution is -2.46. The van der Waals surface area contributed by atoms with E-state index >= 15 is 0 Å². The first-order chi connectivity index (χ1) is 9.34. The molecular formula is C18H36O3. The van der Waals surface area contributed by atoms with E-state index in [-0.39, 0.29) is 17.0 Å². The Kier molecular flexibility index (Phi) is 7.41. The molecule has 0 aromatic heterocycles. The Labute approximate surface area is 131 Å². The van der Waals surface area contributed by atoms with Gasteiger partial charge in [-0.3, -0.25) is 0 Å². The highest BCUT2D eigenvalue weighted by atomic mass is 16.6. The Morgan fingerprint density at radius 2 is 1.29 bits per heavy atom. The first-order valence-corrected chi connectivity index (χ1v) is 8.25. The molecule has 3 nitrogen and oxygen atoms in total. The highest BCUT2D eigenvalue weighted by Crippen LogP contribution is 2.31. The Morgan fingerprint density at radius 3 is 1.67 bits per heavy atom. The van der Waals surface area contributed by atoms with Crippen molar-refractivity contribution in [2.75, 3.05) is 0 Å². The highest BCUT2D eigenvalue weighted by Gasteiger charge is 2.40. The Bertz CT molecular complexity index is 324. The van der Waals surface area contributed by atoms with Crippen molar-refractivity contribution in [1.82, 2.24) is 0 Å². The molecule has 0 aliphatic carbocycles. The van der Waals surface area contributed by atoms with Gasteiger partial charge in [0, 0.05) is 0 Å². The minimum atomic E-state index is -0.546. The molecule has 0 aromatic rings. The summed E-state index contributed by atoms with van der Waals surface area (Å²) >= 11 is 0. The lowest BCUT2D eigenvalue weighted by atomic mass is 9.87. The average molecular weight is 300 g/mol. The van der Waals surface area contributed by atoms with Crippen molar-refractivity contribution in [3.63, 3.8) is 0 Å². The van der Waals surface area contributed by atoms with Crippen molar-refractivity contribution in [1.29, 1.82) is 0 Å². The number of carbonyl (C=O) groups excluding carboxylic acids is 1. The second kappa shape index (κ2) is 7.62. The van der Waals surface area contributed by atoms with E-state index in [1.165, 1.54) is 0 Å². The topological polar surface area (TPSA) is 35.5 Å². The molecule has 0 saturated carbocycles. The average Bonchev–Trinajstić information content (AvgIpc) is 2.23. The van der Waals surface area contributed by atoms with Crippen LogP contribution >= 0.6 is 0 Å². The second-order valence-electron chi connectivity index (χ2n) is 8.30. The summed E-state index contributed by atoms with van der Waals surface area (Å²) in [5.41, 5.74) is -1.04. The van der Waals surface area contributed by atoms with Crippen molar-refractivity contribution < 1.29 is 14.3 Å². The maximum atomic E-state index is 12.6. The lowest BCUT2D eigenvalue weighted by molar-refractivity contribution is -0.192. The SMILES string of the molecule is CCCC(C)(C)OC(=O)C(OC(C)(C)CCC)C(C)(C)C. The fourth-order valence-corrected chi connectivity index (χ4v) is 2.54. The first-order valence-electron chi connectivity index (χ1n) is 8.25. The van der Waals surface area contributed by atoms with Crippen LogP contribution in [0.25, 0.3) is 0 Å². The third-order valence-corrected chi connectivity index (χ3v) is 3.52. The van der Waals surface area contributed by atoms with Gasteiger partial charge in [-0.05, 0) is 46.0 Å². The van der Waals surface area contributed by atoms with Gasteiger partial charge in [-0.25, -0.2) is 4.79 Å². The molecule has 0 aliphatic rings. The van der Waals surface area contributed by atoms with E-state index in [2.05, 4.69) is 13.8 Å². The summed E-state index contributed by atoms with van der Waals surface area (Å²) < 4.78 is 11.9. The predicted molar refractivity (Wildman–Crippen MR) is 88.4 cm³/mol. The van der Waals surface area contributed by atoms with Crippen LogP contribution in [-0.4, -0.2) is 23.3 Å². The van der Waals surface area contributed by atoms with E-state index in [0.717, 1.165) is 25.7 Å². The molecule has 0 N–H and O–H groups in total. The largest absolute Gasteiger partial charge is 0.458 e. The van der Waals surface area contributed by atoms with Crippen molar-refractivity contribution in [2.45, 2.75) is 105 Å². The third kappa shape index (κ3) is 7.85. The van der Waals surface area contributed by atoms with E-state index in [1.807, 2.05) is 48.5 Å². The van der Waals surface area contributed by atoms with E-state index in [1.54, 1.807) is 0 Å². The van der Waals surface area contributed by atoms with E-state index in [0.29, 0.717) is 0 Å². The molecular weight excluding hydrogens is 264 g/mol. The van der Waals surface area contributed by atoms with Crippen LogP contribution in [0.15, 0.2) is 0 Å². The van der Waals surface area contributed by atoms with Gasteiger partial charge in [0.2, 0.25) is 0 Å². The second-order valence-corrected chi connectivity index (χ2v) is 8.30. The molecule has 0 aromatic carbocycles. The van der Waals surface area contributed by atoms with Crippen molar-refractivity contribution in [3.05, 3.63) is 0 Å². The lowest BCUT2D eigenvalue weighted by Gasteiger charge is -2.38. The van der Waals surface area contributed by atoms with Crippen molar-refractivity contribution in [3.8, 4) is 0 Å².